The maximum atomic E-state index is 13.1. The van der Waals surface area contributed by atoms with Crippen molar-refractivity contribution in [3.63, 3.8) is 0 Å². The average molecular weight is 447 g/mol. The molecule has 1 aliphatic heterocycles. The highest BCUT2D eigenvalue weighted by Gasteiger charge is 2.46. The van der Waals surface area contributed by atoms with E-state index in [0.29, 0.717) is 35.0 Å². The molecule has 0 saturated carbocycles. The summed E-state index contributed by atoms with van der Waals surface area (Å²) < 4.78 is 16.2. The maximum Gasteiger partial charge on any atom is 0.296 e. The van der Waals surface area contributed by atoms with Gasteiger partial charge in [0.1, 0.15) is 23.0 Å². The van der Waals surface area contributed by atoms with E-state index in [-0.39, 0.29) is 17.9 Å². The zero-order valence-electron chi connectivity index (χ0n) is 18.7. The molecule has 4 rings (SSSR count). The van der Waals surface area contributed by atoms with Crippen molar-refractivity contribution in [3.8, 4) is 11.5 Å². The molecule has 0 aliphatic carbocycles. The molecule has 0 spiro atoms. The van der Waals surface area contributed by atoms with Gasteiger partial charge in [-0.15, -0.1) is 0 Å². The molecular weight excluding hydrogens is 422 g/mol. The summed E-state index contributed by atoms with van der Waals surface area (Å²) in [5, 5.41) is 11.2. The number of rotatable bonds is 7. The van der Waals surface area contributed by atoms with Crippen LogP contribution in [0.3, 0.4) is 0 Å². The van der Waals surface area contributed by atoms with Crippen LogP contribution in [0.25, 0.3) is 5.76 Å². The van der Waals surface area contributed by atoms with Gasteiger partial charge in [0.2, 0.25) is 0 Å². The summed E-state index contributed by atoms with van der Waals surface area (Å²) >= 11 is 0. The van der Waals surface area contributed by atoms with Crippen LogP contribution in [0.15, 0.2) is 70.9 Å². The first-order valence-corrected chi connectivity index (χ1v) is 10.6. The van der Waals surface area contributed by atoms with Gasteiger partial charge < -0.3 is 23.9 Å². The molecular formula is C26H25NO6. The number of ether oxygens (including phenoxy) is 2. The summed E-state index contributed by atoms with van der Waals surface area (Å²) in [6, 6.07) is 14.9. The van der Waals surface area contributed by atoms with Crippen LogP contribution in [0.5, 0.6) is 11.5 Å². The highest BCUT2D eigenvalue weighted by Crippen LogP contribution is 2.41. The Morgan fingerprint density at radius 1 is 1.12 bits per heavy atom. The number of benzene rings is 2. The highest BCUT2D eigenvalue weighted by atomic mass is 16.5. The minimum absolute atomic E-state index is 0.0280. The van der Waals surface area contributed by atoms with Crippen LogP contribution in [0.4, 0.5) is 0 Å². The summed E-state index contributed by atoms with van der Waals surface area (Å²) in [5.74, 6) is 0.194. The number of amides is 1. The number of carbonyl (C=O) groups is 2. The van der Waals surface area contributed by atoms with Crippen molar-refractivity contribution in [2.45, 2.75) is 26.4 Å². The lowest BCUT2D eigenvalue weighted by atomic mass is 9.94. The van der Waals surface area contributed by atoms with Crippen LogP contribution in [-0.2, 0) is 16.1 Å². The van der Waals surface area contributed by atoms with Crippen molar-refractivity contribution in [1.29, 1.82) is 0 Å². The number of nitrogens with zero attached hydrogens (tertiary/aromatic N) is 1. The van der Waals surface area contributed by atoms with Gasteiger partial charge >= 0.3 is 0 Å². The Bertz CT molecular complexity index is 1190. The van der Waals surface area contributed by atoms with Crippen LogP contribution in [0.2, 0.25) is 0 Å². The lowest BCUT2D eigenvalue weighted by Gasteiger charge is -2.24. The minimum Gasteiger partial charge on any atom is -0.507 e. The van der Waals surface area contributed by atoms with Crippen molar-refractivity contribution >= 4 is 17.4 Å². The molecule has 1 amide bonds. The Labute approximate surface area is 191 Å². The summed E-state index contributed by atoms with van der Waals surface area (Å²) in [6.07, 6.45) is 1.51. The van der Waals surface area contributed by atoms with E-state index in [2.05, 4.69) is 0 Å². The van der Waals surface area contributed by atoms with E-state index in [0.717, 1.165) is 5.56 Å². The van der Waals surface area contributed by atoms with Crippen molar-refractivity contribution < 1.29 is 28.6 Å². The normalized spacial score (nSPS) is 17.4. The summed E-state index contributed by atoms with van der Waals surface area (Å²) in [5.41, 5.74) is 1.93. The Morgan fingerprint density at radius 3 is 2.48 bits per heavy atom. The molecule has 1 aromatic heterocycles. The van der Waals surface area contributed by atoms with Gasteiger partial charge in [0.15, 0.2) is 0 Å². The Hall–Kier alpha value is -4.00. The standard InChI is InChI=1S/C26H25NO6/c1-4-32-19-10-7-17(8-11-19)23-22(24(28)18-9-12-21(31-3)16(2)14-18)25(29)26(30)27(23)15-20-6-5-13-33-20/h5-14,23,28H,4,15H2,1-3H3/b24-22-. The Balaban J connectivity index is 1.83. The highest BCUT2D eigenvalue weighted by molar-refractivity contribution is 6.46. The fourth-order valence-corrected chi connectivity index (χ4v) is 4.05. The second-order valence-corrected chi connectivity index (χ2v) is 7.69. The molecule has 1 unspecified atom stereocenters. The number of hydrogen-bond acceptors (Lipinski definition) is 6. The predicted molar refractivity (Wildman–Crippen MR) is 122 cm³/mol. The van der Waals surface area contributed by atoms with E-state index < -0.39 is 17.7 Å². The Kier molecular flexibility index (Phi) is 6.22. The van der Waals surface area contributed by atoms with Gasteiger partial charge in [0, 0.05) is 5.56 Å². The molecule has 0 bridgehead atoms. The quantitative estimate of drug-likeness (QED) is 0.323. The summed E-state index contributed by atoms with van der Waals surface area (Å²) in [4.78, 5) is 27.6. The molecule has 33 heavy (non-hydrogen) atoms. The van der Waals surface area contributed by atoms with Crippen molar-refractivity contribution in [1.82, 2.24) is 4.90 Å². The SMILES string of the molecule is CCOc1ccc(C2/C(=C(/O)c3ccc(OC)c(C)c3)C(=O)C(=O)N2Cc2ccco2)cc1. The van der Waals surface area contributed by atoms with Crippen LogP contribution in [-0.4, -0.2) is 35.4 Å². The van der Waals surface area contributed by atoms with Gasteiger partial charge in [0.25, 0.3) is 11.7 Å². The lowest BCUT2D eigenvalue weighted by molar-refractivity contribution is -0.140. The summed E-state index contributed by atoms with van der Waals surface area (Å²) in [7, 11) is 1.56. The smallest absolute Gasteiger partial charge is 0.296 e. The van der Waals surface area contributed by atoms with E-state index in [1.807, 2.05) is 13.8 Å². The fraction of sp³-hybridized carbons (Fsp3) is 0.231. The van der Waals surface area contributed by atoms with E-state index >= 15 is 0 Å². The number of carbonyl (C=O) groups excluding carboxylic acids is 2. The first-order chi connectivity index (χ1) is 15.9. The average Bonchev–Trinajstić information content (AvgIpc) is 3.42. The summed E-state index contributed by atoms with van der Waals surface area (Å²) in [6.45, 7) is 4.35. The fourth-order valence-electron chi connectivity index (χ4n) is 4.05. The van der Waals surface area contributed by atoms with Crippen LogP contribution < -0.4 is 9.47 Å². The topological polar surface area (TPSA) is 89.2 Å². The molecule has 7 heteroatoms. The largest absolute Gasteiger partial charge is 0.507 e. The van der Waals surface area contributed by atoms with Gasteiger partial charge in [0.05, 0.1) is 38.1 Å². The number of Topliss-reactive ketones (excluding diaryl/α,β-unsaturated/α-hetero) is 1. The molecule has 3 aromatic rings. The number of methoxy groups -OCH3 is 1. The third-order valence-electron chi connectivity index (χ3n) is 5.62. The molecule has 170 valence electrons. The maximum absolute atomic E-state index is 13.1. The molecule has 1 fully saturated rings. The second kappa shape index (κ2) is 9.24. The predicted octanol–water partition coefficient (Wildman–Crippen LogP) is 4.62. The minimum atomic E-state index is -0.784. The van der Waals surface area contributed by atoms with Gasteiger partial charge in [-0.1, -0.05) is 12.1 Å². The monoisotopic (exact) mass is 447 g/mol. The third kappa shape index (κ3) is 4.22. The van der Waals surface area contributed by atoms with E-state index in [1.54, 1.807) is 61.7 Å². The number of furan rings is 1. The van der Waals surface area contributed by atoms with Crippen LogP contribution >= 0.6 is 0 Å². The van der Waals surface area contributed by atoms with E-state index in [1.165, 1.54) is 11.2 Å². The number of hydrogen-bond donors (Lipinski definition) is 1. The van der Waals surface area contributed by atoms with Gasteiger partial charge in [-0.2, -0.15) is 0 Å². The van der Waals surface area contributed by atoms with E-state index in [4.69, 9.17) is 13.9 Å². The molecule has 1 saturated heterocycles. The van der Waals surface area contributed by atoms with Crippen molar-refractivity contribution in [2.24, 2.45) is 0 Å². The Morgan fingerprint density at radius 2 is 1.88 bits per heavy atom. The van der Waals surface area contributed by atoms with Gasteiger partial charge in [-0.05, 0) is 67.4 Å². The number of aliphatic hydroxyl groups is 1. The molecule has 1 N–H and O–H groups in total. The lowest BCUT2D eigenvalue weighted by Crippen LogP contribution is -2.29. The number of aliphatic hydroxyl groups excluding tert-OH is 1. The zero-order valence-corrected chi connectivity index (χ0v) is 18.7. The second-order valence-electron chi connectivity index (χ2n) is 7.69. The van der Waals surface area contributed by atoms with Crippen molar-refractivity contribution in [2.75, 3.05) is 13.7 Å². The molecule has 1 aliphatic rings. The molecule has 0 radical (unpaired) electrons. The van der Waals surface area contributed by atoms with Gasteiger partial charge in [-0.25, -0.2) is 0 Å². The molecule has 1 atom stereocenters. The van der Waals surface area contributed by atoms with Crippen LogP contribution in [0, 0.1) is 6.92 Å². The zero-order chi connectivity index (χ0) is 23.5. The molecule has 2 heterocycles. The third-order valence-corrected chi connectivity index (χ3v) is 5.62. The number of ketones is 1. The van der Waals surface area contributed by atoms with E-state index in [9.17, 15) is 14.7 Å². The first kappa shape index (κ1) is 22.2. The number of aryl methyl sites for hydroxylation is 1. The van der Waals surface area contributed by atoms with Gasteiger partial charge in [-0.3, -0.25) is 9.59 Å². The first-order valence-electron chi connectivity index (χ1n) is 10.6. The molecule has 7 nitrogen and oxygen atoms in total. The number of likely N-dealkylation sites (tertiary alicyclic amines) is 1. The molecule has 2 aromatic carbocycles. The van der Waals surface area contributed by atoms with Crippen molar-refractivity contribution in [3.05, 3.63) is 88.9 Å². The van der Waals surface area contributed by atoms with Crippen LogP contribution in [0.1, 0.15) is 35.4 Å².